The van der Waals surface area contributed by atoms with Gasteiger partial charge in [-0.25, -0.2) is 4.98 Å². The summed E-state index contributed by atoms with van der Waals surface area (Å²) in [7, 11) is 0. The number of anilines is 1. The van der Waals surface area contributed by atoms with E-state index >= 15 is 0 Å². The Kier molecular flexibility index (Phi) is 3.69. The summed E-state index contributed by atoms with van der Waals surface area (Å²) in [5.41, 5.74) is 1.15. The molecule has 2 aromatic rings. The molecule has 0 aliphatic carbocycles. The number of pyridine rings is 1. The number of hydrogen-bond donors (Lipinski definition) is 1. The first-order valence-corrected chi connectivity index (χ1v) is 5.53. The van der Waals surface area contributed by atoms with E-state index in [9.17, 15) is 10.1 Å². The maximum atomic E-state index is 10.6. The van der Waals surface area contributed by atoms with Gasteiger partial charge in [0.05, 0.1) is 4.92 Å². The SMILES string of the molecule is N#Cc1cccc(NCc2cccc([N+](=O)[O-])c2)n1. The number of nitriles is 1. The number of nitro benzene ring substituents is 1. The fourth-order valence-electron chi connectivity index (χ4n) is 1.57. The molecule has 19 heavy (non-hydrogen) atoms. The number of nitro groups is 1. The van der Waals surface area contributed by atoms with Gasteiger partial charge in [0.25, 0.3) is 5.69 Å². The van der Waals surface area contributed by atoms with Crippen molar-refractivity contribution in [2.75, 3.05) is 5.32 Å². The molecule has 1 aromatic heterocycles. The van der Waals surface area contributed by atoms with Crippen LogP contribution in [0.2, 0.25) is 0 Å². The molecule has 2 rings (SSSR count). The lowest BCUT2D eigenvalue weighted by molar-refractivity contribution is -0.384. The first-order chi connectivity index (χ1) is 9.19. The normalized spacial score (nSPS) is 9.63. The van der Waals surface area contributed by atoms with Crippen LogP contribution in [0.3, 0.4) is 0 Å². The lowest BCUT2D eigenvalue weighted by Gasteiger charge is -2.05. The molecular formula is C13H10N4O2. The molecule has 94 valence electrons. The van der Waals surface area contributed by atoms with E-state index in [4.69, 9.17) is 5.26 Å². The van der Waals surface area contributed by atoms with E-state index in [1.165, 1.54) is 12.1 Å². The zero-order valence-corrected chi connectivity index (χ0v) is 9.91. The van der Waals surface area contributed by atoms with Gasteiger partial charge in [-0.15, -0.1) is 0 Å². The molecule has 0 saturated carbocycles. The summed E-state index contributed by atoms with van der Waals surface area (Å²) in [4.78, 5) is 14.3. The van der Waals surface area contributed by atoms with E-state index in [-0.39, 0.29) is 5.69 Å². The highest BCUT2D eigenvalue weighted by Gasteiger charge is 2.05. The number of nitrogens with zero attached hydrogens (tertiary/aromatic N) is 3. The smallest absolute Gasteiger partial charge is 0.269 e. The number of nitrogens with one attached hydrogen (secondary N) is 1. The van der Waals surface area contributed by atoms with E-state index in [1.807, 2.05) is 6.07 Å². The molecule has 0 aliphatic heterocycles. The predicted molar refractivity (Wildman–Crippen MR) is 69.4 cm³/mol. The van der Waals surface area contributed by atoms with Crippen LogP contribution in [0.4, 0.5) is 11.5 Å². The molecule has 1 aromatic carbocycles. The van der Waals surface area contributed by atoms with Crippen LogP contribution in [0, 0.1) is 21.4 Å². The van der Waals surface area contributed by atoms with Gasteiger partial charge in [0, 0.05) is 18.7 Å². The summed E-state index contributed by atoms with van der Waals surface area (Å²) in [6.07, 6.45) is 0. The Morgan fingerprint density at radius 1 is 1.32 bits per heavy atom. The molecule has 0 spiro atoms. The lowest BCUT2D eigenvalue weighted by Crippen LogP contribution is -2.02. The van der Waals surface area contributed by atoms with Gasteiger partial charge < -0.3 is 5.32 Å². The lowest BCUT2D eigenvalue weighted by atomic mass is 10.2. The summed E-state index contributed by atoms with van der Waals surface area (Å²) in [5, 5.41) is 22.4. The minimum Gasteiger partial charge on any atom is -0.366 e. The Bertz CT molecular complexity index is 649. The molecule has 0 radical (unpaired) electrons. The van der Waals surface area contributed by atoms with Crippen LogP contribution in [0.1, 0.15) is 11.3 Å². The van der Waals surface area contributed by atoms with Crippen molar-refractivity contribution in [3.63, 3.8) is 0 Å². The highest BCUT2D eigenvalue weighted by Crippen LogP contribution is 2.14. The zero-order chi connectivity index (χ0) is 13.7. The molecule has 1 N–H and O–H groups in total. The van der Waals surface area contributed by atoms with Crippen LogP contribution < -0.4 is 5.32 Å². The Morgan fingerprint density at radius 2 is 2.11 bits per heavy atom. The van der Waals surface area contributed by atoms with Crippen molar-refractivity contribution in [2.24, 2.45) is 0 Å². The van der Waals surface area contributed by atoms with Gasteiger partial charge in [0.1, 0.15) is 17.6 Å². The number of non-ortho nitro benzene ring substituents is 1. The van der Waals surface area contributed by atoms with Crippen molar-refractivity contribution in [1.82, 2.24) is 4.98 Å². The fourth-order valence-corrected chi connectivity index (χ4v) is 1.57. The quantitative estimate of drug-likeness (QED) is 0.668. The number of rotatable bonds is 4. The van der Waals surface area contributed by atoms with Crippen molar-refractivity contribution in [1.29, 1.82) is 5.26 Å². The van der Waals surface area contributed by atoms with Crippen molar-refractivity contribution >= 4 is 11.5 Å². The van der Waals surface area contributed by atoms with E-state index in [0.717, 1.165) is 5.56 Å². The maximum absolute atomic E-state index is 10.6. The first kappa shape index (κ1) is 12.5. The van der Waals surface area contributed by atoms with Gasteiger partial charge in [-0.05, 0) is 17.7 Å². The largest absolute Gasteiger partial charge is 0.366 e. The van der Waals surface area contributed by atoms with Crippen LogP contribution >= 0.6 is 0 Å². The average molecular weight is 254 g/mol. The third-order valence-electron chi connectivity index (χ3n) is 2.46. The Balaban J connectivity index is 2.08. The van der Waals surface area contributed by atoms with E-state index < -0.39 is 4.92 Å². The molecule has 6 nitrogen and oxygen atoms in total. The summed E-state index contributed by atoms with van der Waals surface area (Å²) in [6.45, 7) is 0.406. The number of benzene rings is 1. The average Bonchev–Trinajstić information content (AvgIpc) is 2.45. The minimum absolute atomic E-state index is 0.0537. The van der Waals surface area contributed by atoms with Crippen molar-refractivity contribution in [2.45, 2.75) is 6.54 Å². The molecule has 0 atom stereocenters. The minimum atomic E-state index is -0.432. The molecule has 0 fully saturated rings. The van der Waals surface area contributed by atoms with E-state index in [1.54, 1.807) is 30.3 Å². The van der Waals surface area contributed by atoms with Crippen molar-refractivity contribution in [3.8, 4) is 6.07 Å². The monoisotopic (exact) mass is 254 g/mol. The molecule has 0 amide bonds. The summed E-state index contributed by atoms with van der Waals surface area (Å²) in [6, 6.07) is 13.4. The van der Waals surface area contributed by atoms with Crippen molar-refractivity contribution < 1.29 is 4.92 Å². The molecule has 0 saturated heterocycles. The van der Waals surface area contributed by atoms with Gasteiger partial charge in [-0.2, -0.15) is 5.26 Å². The summed E-state index contributed by atoms with van der Waals surface area (Å²) < 4.78 is 0. The van der Waals surface area contributed by atoms with Gasteiger partial charge in [0.2, 0.25) is 0 Å². The van der Waals surface area contributed by atoms with Crippen LogP contribution in [0.5, 0.6) is 0 Å². The van der Waals surface area contributed by atoms with Crippen LogP contribution in [-0.2, 0) is 6.54 Å². The second-order valence-electron chi connectivity index (χ2n) is 3.80. The highest BCUT2D eigenvalue weighted by molar-refractivity contribution is 5.41. The van der Waals surface area contributed by atoms with Gasteiger partial charge in [-0.3, -0.25) is 10.1 Å². The Hall–Kier alpha value is -2.94. The van der Waals surface area contributed by atoms with Gasteiger partial charge in [-0.1, -0.05) is 18.2 Å². The fraction of sp³-hybridized carbons (Fsp3) is 0.0769. The third kappa shape index (κ3) is 3.26. The van der Waals surface area contributed by atoms with E-state index in [0.29, 0.717) is 18.1 Å². The van der Waals surface area contributed by atoms with Crippen LogP contribution in [0.25, 0.3) is 0 Å². The molecule has 6 heteroatoms. The van der Waals surface area contributed by atoms with Gasteiger partial charge in [0.15, 0.2) is 0 Å². The predicted octanol–water partition coefficient (Wildman–Crippen LogP) is 2.47. The third-order valence-corrected chi connectivity index (χ3v) is 2.46. The second-order valence-corrected chi connectivity index (χ2v) is 3.80. The van der Waals surface area contributed by atoms with Crippen LogP contribution in [0.15, 0.2) is 42.5 Å². The molecular weight excluding hydrogens is 244 g/mol. The standard InChI is InChI=1S/C13H10N4O2/c14-8-11-4-2-6-13(16-11)15-9-10-3-1-5-12(7-10)17(18)19/h1-7H,9H2,(H,15,16). The molecule has 1 heterocycles. The first-order valence-electron chi connectivity index (χ1n) is 5.53. The Morgan fingerprint density at radius 3 is 2.84 bits per heavy atom. The Labute approximate surface area is 109 Å². The number of aromatic nitrogens is 1. The molecule has 0 unspecified atom stereocenters. The van der Waals surface area contributed by atoms with Crippen LogP contribution in [-0.4, -0.2) is 9.91 Å². The summed E-state index contributed by atoms with van der Waals surface area (Å²) in [5.74, 6) is 0.561. The van der Waals surface area contributed by atoms with E-state index in [2.05, 4.69) is 10.3 Å². The molecule has 0 bridgehead atoms. The topological polar surface area (TPSA) is 91.8 Å². The number of hydrogen-bond acceptors (Lipinski definition) is 5. The van der Waals surface area contributed by atoms with Crippen molar-refractivity contribution in [3.05, 3.63) is 63.8 Å². The second kappa shape index (κ2) is 5.60. The highest BCUT2D eigenvalue weighted by atomic mass is 16.6. The molecule has 0 aliphatic rings. The van der Waals surface area contributed by atoms with Gasteiger partial charge >= 0.3 is 0 Å². The maximum Gasteiger partial charge on any atom is 0.269 e. The summed E-state index contributed by atoms with van der Waals surface area (Å²) >= 11 is 0. The zero-order valence-electron chi connectivity index (χ0n) is 9.91.